The van der Waals surface area contributed by atoms with E-state index in [0.29, 0.717) is 13.1 Å². The number of aromatic amines is 2. The number of piperazine rings is 1. The first-order valence-corrected chi connectivity index (χ1v) is 7.43. The first-order chi connectivity index (χ1) is 11.0. The molecule has 1 aliphatic heterocycles. The van der Waals surface area contributed by atoms with Crippen LogP contribution in [0.15, 0.2) is 46.0 Å². The summed E-state index contributed by atoms with van der Waals surface area (Å²) in [7, 11) is 2.02. The van der Waals surface area contributed by atoms with Crippen molar-refractivity contribution in [2.75, 3.05) is 26.7 Å². The SMILES string of the molecule is CN1CCN(C(=O)c2cc(=O)[nH]c(=O)[nH]2)C[C@@H]1c1ccccc1. The largest absolute Gasteiger partial charge is 0.334 e. The van der Waals surface area contributed by atoms with Crippen molar-refractivity contribution in [3.63, 3.8) is 0 Å². The number of H-pyrrole nitrogens is 2. The first kappa shape index (κ1) is 15.2. The van der Waals surface area contributed by atoms with Gasteiger partial charge in [-0.3, -0.25) is 19.5 Å². The van der Waals surface area contributed by atoms with Crippen molar-refractivity contribution in [1.82, 2.24) is 19.8 Å². The lowest BCUT2D eigenvalue weighted by molar-refractivity contribution is 0.0540. The van der Waals surface area contributed by atoms with Crippen LogP contribution in [0.3, 0.4) is 0 Å². The van der Waals surface area contributed by atoms with Gasteiger partial charge in [0.1, 0.15) is 5.69 Å². The highest BCUT2D eigenvalue weighted by molar-refractivity contribution is 5.92. The summed E-state index contributed by atoms with van der Waals surface area (Å²) in [6.07, 6.45) is 0. The van der Waals surface area contributed by atoms with Gasteiger partial charge < -0.3 is 9.88 Å². The maximum absolute atomic E-state index is 12.6. The van der Waals surface area contributed by atoms with Crippen LogP contribution in [0, 0.1) is 0 Å². The predicted octanol–water partition coefficient (Wildman–Crippen LogP) is 0.192. The van der Waals surface area contributed by atoms with Crippen molar-refractivity contribution in [2.24, 2.45) is 0 Å². The molecule has 23 heavy (non-hydrogen) atoms. The molecule has 7 heteroatoms. The number of hydrogen-bond donors (Lipinski definition) is 2. The van der Waals surface area contributed by atoms with E-state index in [9.17, 15) is 14.4 Å². The van der Waals surface area contributed by atoms with E-state index < -0.39 is 11.2 Å². The molecular formula is C16H18N4O3. The minimum absolute atomic E-state index is 0.0233. The van der Waals surface area contributed by atoms with Crippen LogP contribution >= 0.6 is 0 Å². The molecule has 1 fully saturated rings. The van der Waals surface area contributed by atoms with Crippen molar-refractivity contribution in [3.8, 4) is 0 Å². The fourth-order valence-corrected chi connectivity index (χ4v) is 2.85. The molecule has 7 nitrogen and oxygen atoms in total. The van der Waals surface area contributed by atoms with E-state index in [4.69, 9.17) is 0 Å². The summed E-state index contributed by atoms with van der Waals surface area (Å²) in [5.74, 6) is -0.331. The second kappa shape index (κ2) is 6.21. The van der Waals surface area contributed by atoms with Gasteiger partial charge in [-0.15, -0.1) is 0 Å². The van der Waals surface area contributed by atoms with E-state index in [1.165, 1.54) is 0 Å². The molecular weight excluding hydrogens is 296 g/mol. The average molecular weight is 314 g/mol. The zero-order valence-corrected chi connectivity index (χ0v) is 12.8. The number of carbonyl (C=O) groups is 1. The third kappa shape index (κ3) is 3.24. The van der Waals surface area contributed by atoms with Crippen LogP contribution in [-0.4, -0.2) is 52.4 Å². The first-order valence-electron chi connectivity index (χ1n) is 7.43. The van der Waals surface area contributed by atoms with E-state index in [2.05, 4.69) is 14.9 Å². The molecule has 2 heterocycles. The molecule has 0 aliphatic carbocycles. The van der Waals surface area contributed by atoms with Gasteiger partial charge in [0.2, 0.25) is 0 Å². The second-order valence-corrected chi connectivity index (χ2v) is 5.66. The fourth-order valence-electron chi connectivity index (χ4n) is 2.85. The number of rotatable bonds is 2. The minimum Gasteiger partial charge on any atom is -0.334 e. The molecule has 120 valence electrons. The summed E-state index contributed by atoms with van der Waals surface area (Å²) in [5.41, 5.74) is -0.0950. The molecule has 0 saturated carbocycles. The highest BCUT2D eigenvalue weighted by atomic mass is 16.2. The summed E-state index contributed by atoms with van der Waals surface area (Å²) in [4.78, 5) is 43.6. The number of nitrogens with zero attached hydrogens (tertiary/aromatic N) is 2. The van der Waals surface area contributed by atoms with E-state index in [1.807, 2.05) is 37.4 Å². The Hall–Kier alpha value is -2.67. The Balaban J connectivity index is 1.84. The number of hydrogen-bond acceptors (Lipinski definition) is 4. The summed E-state index contributed by atoms with van der Waals surface area (Å²) in [5, 5.41) is 0. The van der Waals surface area contributed by atoms with Gasteiger partial charge in [-0.05, 0) is 12.6 Å². The molecule has 1 aromatic heterocycles. The number of benzene rings is 1. The van der Waals surface area contributed by atoms with E-state index in [0.717, 1.165) is 18.2 Å². The summed E-state index contributed by atoms with van der Waals surface area (Å²) in [6, 6.07) is 11.2. The van der Waals surface area contributed by atoms with Crippen LogP contribution < -0.4 is 11.2 Å². The van der Waals surface area contributed by atoms with Gasteiger partial charge in [0.25, 0.3) is 11.5 Å². The zero-order valence-electron chi connectivity index (χ0n) is 12.8. The van der Waals surface area contributed by atoms with E-state index in [1.54, 1.807) is 4.90 Å². The van der Waals surface area contributed by atoms with Crippen molar-refractivity contribution >= 4 is 5.91 Å². The van der Waals surface area contributed by atoms with Crippen molar-refractivity contribution in [1.29, 1.82) is 0 Å². The molecule has 2 aromatic rings. The summed E-state index contributed by atoms with van der Waals surface area (Å²) >= 11 is 0. The van der Waals surface area contributed by atoms with Gasteiger partial charge in [0.15, 0.2) is 0 Å². The number of likely N-dealkylation sites (N-methyl/N-ethyl adjacent to an activating group) is 1. The lowest BCUT2D eigenvalue weighted by atomic mass is 10.0. The lowest BCUT2D eigenvalue weighted by Gasteiger charge is -2.39. The number of carbonyl (C=O) groups excluding carboxylic acids is 1. The molecule has 1 aliphatic rings. The Bertz CT molecular complexity index is 784. The Kier molecular flexibility index (Phi) is 4.12. The molecule has 1 atom stereocenters. The van der Waals surface area contributed by atoms with Crippen LogP contribution in [-0.2, 0) is 0 Å². The third-order valence-corrected chi connectivity index (χ3v) is 4.11. The van der Waals surface area contributed by atoms with Crippen LogP contribution in [0.5, 0.6) is 0 Å². The number of aromatic nitrogens is 2. The van der Waals surface area contributed by atoms with E-state index >= 15 is 0 Å². The Morgan fingerprint density at radius 3 is 2.57 bits per heavy atom. The van der Waals surface area contributed by atoms with Gasteiger partial charge in [0.05, 0.1) is 6.04 Å². The zero-order chi connectivity index (χ0) is 16.4. The quantitative estimate of drug-likeness (QED) is 0.828. The van der Waals surface area contributed by atoms with Gasteiger partial charge in [-0.25, -0.2) is 4.79 Å². The lowest BCUT2D eigenvalue weighted by Crippen LogP contribution is -2.49. The summed E-state index contributed by atoms with van der Waals surface area (Å²) < 4.78 is 0. The topological polar surface area (TPSA) is 89.3 Å². The van der Waals surface area contributed by atoms with Crippen LogP contribution in [0.4, 0.5) is 0 Å². The second-order valence-electron chi connectivity index (χ2n) is 5.66. The fraction of sp³-hybridized carbons (Fsp3) is 0.312. The van der Waals surface area contributed by atoms with Gasteiger partial charge >= 0.3 is 5.69 Å². The highest BCUT2D eigenvalue weighted by Gasteiger charge is 2.29. The monoisotopic (exact) mass is 314 g/mol. The normalized spacial score (nSPS) is 18.8. The van der Waals surface area contributed by atoms with Crippen molar-refractivity contribution in [2.45, 2.75) is 6.04 Å². The van der Waals surface area contributed by atoms with Crippen LogP contribution in [0.1, 0.15) is 22.1 Å². The summed E-state index contributed by atoms with van der Waals surface area (Å²) in [6.45, 7) is 1.78. The Morgan fingerprint density at radius 2 is 1.87 bits per heavy atom. The Labute approximate surface area is 132 Å². The molecule has 3 rings (SSSR count). The molecule has 2 N–H and O–H groups in total. The number of nitrogens with one attached hydrogen (secondary N) is 2. The molecule has 1 amide bonds. The van der Waals surface area contributed by atoms with Gasteiger partial charge in [0, 0.05) is 25.7 Å². The Morgan fingerprint density at radius 1 is 1.13 bits per heavy atom. The smallest absolute Gasteiger partial charge is 0.326 e. The average Bonchev–Trinajstić information content (AvgIpc) is 2.54. The molecule has 0 unspecified atom stereocenters. The van der Waals surface area contributed by atoms with Crippen LogP contribution in [0.2, 0.25) is 0 Å². The molecule has 0 radical (unpaired) electrons. The predicted molar refractivity (Wildman–Crippen MR) is 85.4 cm³/mol. The molecule has 1 aromatic carbocycles. The van der Waals surface area contributed by atoms with Crippen LogP contribution in [0.25, 0.3) is 0 Å². The number of amides is 1. The maximum Gasteiger partial charge on any atom is 0.326 e. The molecule has 0 bridgehead atoms. The standard InChI is InChI=1S/C16H18N4O3/c1-19-7-8-20(10-13(19)11-5-3-2-4-6-11)15(22)12-9-14(21)18-16(23)17-12/h2-6,9,13H,7-8,10H2,1H3,(H2,17,18,21,23)/t13-/m1/s1. The van der Waals surface area contributed by atoms with Crippen molar-refractivity contribution in [3.05, 3.63) is 68.5 Å². The molecule has 1 saturated heterocycles. The third-order valence-electron chi connectivity index (χ3n) is 4.11. The minimum atomic E-state index is -0.672. The van der Waals surface area contributed by atoms with E-state index in [-0.39, 0.29) is 17.6 Å². The highest BCUT2D eigenvalue weighted by Crippen LogP contribution is 2.24. The molecule has 0 spiro atoms. The maximum atomic E-state index is 12.6. The van der Waals surface area contributed by atoms with Gasteiger partial charge in [-0.1, -0.05) is 30.3 Å². The van der Waals surface area contributed by atoms with Gasteiger partial charge in [-0.2, -0.15) is 0 Å². The van der Waals surface area contributed by atoms with Crippen molar-refractivity contribution < 1.29 is 4.79 Å².